The van der Waals surface area contributed by atoms with Crippen molar-refractivity contribution in [3.8, 4) is 17.2 Å². The van der Waals surface area contributed by atoms with Crippen LogP contribution in [0, 0.1) is 0 Å². The number of rotatable bonds is 5. The fraction of sp³-hybridized carbons (Fsp3) is 0.375. The molecule has 1 aromatic heterocycles. The van der Waals surface area contributed by atoms with Crippen molar-refractivity contribution in [1.82, 2.24) is 9.97 Å². The molecule has 128 valence electrons. The second kappa shape index (κ2) is 7.65. The number of hydrogen-bond donors (Lipinski definition) is 1. The lowest BCUT2D eigenvalue weighted by Gasteiger charge is -2.27. The van der Waals surface area contributed by atoms with E-state index in [1.807, 2.05) is 4.90 Å². The van der Waals surface area contributed by atoms with Crippen LogP contribution < -0.4 is 14.4 Å². The molecule has 0 spiro atoms. The van der Waals surface area contributed by atoms with Crippen LogP contribution >= 0.6 is 11.6 Å². The largest absolute Gasteiger partial charge is 0.497 e. The molecule has 24 heavy (non-hydrogen) atoms. The van der Waals surface area contributed by atoms with Crippen LogP contribution in [0.2, 0.25) is 5.02 Å². The van der Waals surface area contributed by atoms with Crippen molar-refractivity contribution in [2.24, 2.45) is 0 Å². The number of methoxy groups -OCH3 is 1. The summed E-state index contributed by atoms with van der Waals surface area (Å²) >= 11 is 6.15. The first-order valence-corrected chi connectivity index (χ1v) is 7.90. The standard InChI is InChI=1S/C16H18ClN3O4/c1-22-11-2-3-12(17)14(8-11)24-15-9-18-16(19-13(15)10-21)20-4-6-23-7-5-20/h2-3,8-9,21H,4-7,10H2,1H3. The second-order valence-electron chi connectivity index (χ2n) is 5.14. The summed E-state index contributed by atoms with van der Waals surface area (Å²) in [6.45, 7) is 2.43. The van der Waals surface area contributed by atoms with Crippen molar-refractivity contribution in [3.63, 3.8) is 0 Å². The smallest absolute Gasteiger partial charge is 0.226 e. The highest BCUT2D eigenvalue weighted by Gasteiger charge is 2.17. The molecule has 3 rings (SSSR count). The summed E-state index contributed by atoms with van der Waals surface area (Å²) < 4.78 is 16.3. The number of aliphatic hydroxyl groups excluding tert-OH is 1. The summed E-state index contributed by atoms with van der Waals surface area (Å²) in [4.78, 5) is 10.7. The maximum absolute atomic E-state index is 9.62. The summed E-state index contributed by atoms with van der Waals surface area (Å²) in [6.07, 6.45) is 1.54. The Morgan fingerprint density at radius 1 is 1.29 bits per heavy atom. The highest BCUT2D eigenvalue weighted by Crippen LogP contribution is 2.34. The van der Waals surface area contributed by atoms with E-state index in [0.717, 1.165) is 0 Å². The molecular formula is C16H18ClN3O4. The molecule has 7 nitrogen and oxygen atoms in total. The van der Waals surface area contributed by atoms with E-state index in [2.05, 4.69) is 9.97 Å². The van der Waals surface area contributed by atoms with E-state index in [1.165, 1.54) is 0 Å². The number of halogens is 1. The Morgan fingerprint density at radius 2 is 2.08 bits per heavy atom. The zero-order valence-corrected chi connectivity index (χ0v) is 14.0. The second-order valence-corrected chi connectivity index (χ2v) is 5.54. The molecule has 2 heterocycles. The highest BCUT2D eigenvalue weighted by atomic mass is 35.5. The molecule has 1 saturated heterocycles. The van der Waals surface area contributed by atoms with Crippen LogP contribution in [0.25, 0.3) is 0 Å². The quantitative estimate of drug-likeness (QED) is 0.885. The van der Waals surface area contributed by atoms with Gasteiger partial charge in [0.25, 0.3) is 0 Å². The normalized spacial score (nSPS) is 14.5. The number of hydrogen-bond acceptors (Lipinski definition) is 7. The number of nitrogens with zero attached hydrogens (tertiary/aromatic N) is 3. The van der Waals surface area contributed by atoms with Crippen molar-refractivity contribution >= 4 is 17.5 Å². The van der Waals surface area contributed by atoms with Crippen LogP contribution in [-0.4, -0.2) is 48.5 Å². The summed E-state index contributed by atoms with van der Waals surface area (Å²) in [6, 6.07) is 5.08. The minimum absolute atomic E-state index is 0.267. The predicted octanol–water partition coefficient (Wildman–Crippen LogP) is 2.26. The molecule has 1 aromatic carbocycles. The number of benzene rings is 1. The van der Waals surface area contributed by atoms with E-state index < -0.39 is 0 Å². The zero-order chi connectivity index (χ0) is 16.9. The third kappa shape index (κ3) is 3.69. The fourth-order valence-corrected chi connectivity index (χ4v) is 2.47. The Morgan fingerprint density at radius 3 is 2.79 bits per heavy atom. The van der Waals surface area contributed by atoms with Crippen molar-refractivity contribution in [2.45, 2.75) is 6.61 Å². The monoisotopic (exact) mass is 351 g/mol. The molecule has 2 aromatic rings. The van der Waals surface area contributed by atoms with Crippen LogP contribution in [-0.2, 0) is 11.3 Å². The topological polar surface area (TPSA) is 76.9 Å². The summed E-state index contributed by atoms with van der Waals surface area (Å²) in [5.41, 5.74) is 0.394. The summed E-state index contributed by atoms with van der Waals surface area (Å²) in [7, 11) is 1.56. The van der Waals surface area contributed by atoms with Gasteiger partial charge in [0.1, 0.15) is 17.2 Å². The molecule has 0 aliphatic carbocycles. The maximum atomic E-state index is 9.62. The van der Waals surface area contributed by atoms with Crippen LogP contribution in [0.3, 0.4) is 0 Å². The molecule has 0 bridgehead atoms. The molecule has 1 aliphatic heterocycles. The van der Waals surface area contributed by atoms with Gasteiger partial charge < -0.3 is 24.2 Å². The van der Waals surface area contributed by atoms with E-state index in [-0.39, 0.29) is 6.61 Å². The van der Waals surface area contributed by atoms with Gasteiger partial charge in [-0.1, -0.05) is 11.6 Å². The molecule has 0 radical (unpaired) electrons. The van der Waals surface area contributed by atoms with Gasteiger partial charge in [0.15, 0.2) is 5.75 Å². The predicted molar refractivity (Wildman–Crippen MR) is 89.1 cm³/mol. The average molecular weight is 352 g/mol. The fourth-order valence-electron chi connectivity index (χ4n) is 2.32. The Hall–Kier alpha value is -2.09. The van der Waals surface area contributed by atoms with E-state index in [9.17, 15) is 5.11 Å². The summed E-state index contributed by atoms with van der Waals surface area (Å²) in [5.74, 6) is 1.93. The lowest BCUT2D eigenvalue weighted by Crippen LogP contribution is -2.37. The Kier molecular flexibility index (Phi) is 5.34. The van der Waals surface area contributed by atoms with Crippen molar-refractivity contribution in [1.29, 1.82) is 0 Å². The molecule has 1 fully saturated rings. The molecular weight excluding hydrogens is 334 g/mol. The van der Waals surface area contributed by atoms with E-state index >= 15 is 0 Å². The number of aliphatic hydroxyl groups is 1. The van der Waals surface area contributed by atoms with Crippen molar-refractivity contribution < 1.29 is 19.3 Å². The summed E-state index contributed by atoms with van der Waals surface area (Å²) in [5, 5.41) is 10.0. The van der Waals surface area contributed by atoms with Crippen LogP contribution in [0.1, 0.15) is 5.69 Å². The van der Waals surface area contributed by atoms with E-state index in [0.29, 0.717) is 60.2 Å². The van der Waals surface area contributed by atoms with Gasteiger partial charge in [-0.05, 0) is 12.1 Å². The minimum atomic E-state index is -0.267. The lowest BCUT2D eigenvalue weighted by molar-refractivity contribution is 0.122. The number of anilines is 1. The molecule has 0 amide bonds. The lowest BCUT2D eigenvalue weighted by atomic mass is 10.3. The van der Waals surface area contributed by atoms with Crippen LogP contribution in [0.15, 0.2) is 24.4 Å². The van der Waals surface area contributed by atoms with Crippen molar-refractivity contribution in [2.75, 3.05) is 38.3 Å². The molecule has 1 N–H and O–H groups in total. The van der Waals surface area contributed by atoms with Gasteiger partial charge in [0.05, 0.1) is 38.1 Å². The van der Waals surface area contributed by atoms with Crippen molar-refractivity contribution in [3.05, 3.63) is 35.1 Å². The number of aromatic nitrogens is 2. The van der Waals surface area contributed by atoms with E-state index in [4.69, 9.17) is 25.8 Å². The first kappa shape index (κ1) is 16.8. The zero-order valence-electron chi connectivity index (χ0n) is 13.2. The Labute approximate surface area is 144 Å². The van der Waals surface area contributed by atoms with Crippen LogP contribution in [0.5, 0.6) is 17.2 Å². The third-order valence-corrected chi connectivity index (χ3v) is 3.93. The first-order chi connectivity index (χ1) is 11.7. The van der Waals surface area contributed by atoms with Gasteiger partial charge in [0, 0.05) is 19.2 Å². The van der Waals surface area contributed by atoms with Gasteiger partial charge in [-0.25, -0.2) is 9.97 Å². The minimum Gasteiger partial charge on any atom is -0.497 e. The molecule has 1 aliphatic rings. The third-order valence-electron chi connectivity index (χ3n) is 3.62. The Balaban J connectivity index is 1.85. The van der Waals surface area contributed by atoms with Gasteiger partial charge >= 0.3 is 0 Å². The van der Waals surface area contributed by atoms with E-state index in [1.54, 1.807) is 31.5 Å². The highest BCUT2D eigenvalue weighted by molar-refractivity contribution is 6.32. The molecule has 0 unspecified atom stereocenters. The van der Waals surface area contributed by atoms with Gasteiger partial charge in [0.2, 0.25) is 5.95 Å². The van der Waals surface area contributed by atoms with Gasteiger partial charge in [-0.2, -0.15) is 0 Å². The molecule has 0 saturated carbocycles. The number of ether oxygens (including phenoxy) is 3. The van der Waals surface area contributed by atoms with Gasteiger partial charge in [-0.3, -0.25) is 0 Å². The maximum Gasteiger partial charge on any atom is 0.226 e. The SMILES string of the molecule is COc1ccc(Cl)c(Oc2cnc(N3CCOCC3)nc2CO)c1. The van der Waals surface area contributed by atoms with Crippen LogP contribution in [0.4, 0.5) is 5.95 Å². The molecule has 8 heteroatoms. The van der Waals surface area contributed by atoms with Gasteiger partial charge in [-0.15, -0.1) is 0 Å². The molecule has 0 atom stereocenters. The Bertz CT molecular complexity index is 708. The average Bonchev–Trinajstić information content (AvgIpc) is 2.64. The first-order valence-electron chi connectivity index (χ1n) is 7.52. The number of morpholine rings is 1.